The predicted octanol–water partition coefficient (Wildman–Crippen LogP) is 14.6. The van der Waals surface area contributed by atoms with Crippen molar-refractivity contribution in [2.24, 2.45) is 0 Å². The standard InChI is InChI=1S/C52H37N/c1-4-17-38(18-5-1)39-33-35-44(36-34-39)53(51-32-15-24-41-23-10-11-28-47(41)51)45-26-14-25-43(37-45)49-31-16-30-48(42-21-8-3-9-22-42)52(49)50-29-13-12-27-46(50)40-19-6-2-7-20-40/h1-37H. The zero-order chi connectivity index (χ0) is 35.4. The van der Waals surface area contributed by atoms with Crippen molar-refractivity contribution in [3.63, 3.8) is 0 Å². The van der Waals surface area contributed by atoms with Gasteiger partial charge in [0.2, 0.25) is 0 Å². The van der Waals surface area contributed by atoms with Crippen molar-refractivity contribution in [2.75, 3.05) is 4.90 Å². The van der Waals surface area contributed by atoms with Gasteiger partial charge in [-0.1, -0.05) is 194 Å². The lowest BCUT2D eigenvalue weighted by Gasteiger charge is -2.28. The van der Waals surface area contributed by atoms with Crippen LogP contribution in [0.1, 0.15) is 0 Å². The largest absolute Gasteiger partial charge is 0.310 e. The van der Waals surface area contributed by atoms with Crippen molar-refractivity contribution in [3.8, 4) is 55.6 Å². The van der Waals surface area contributed by atoms with Crippen LogP contribution in [0.5, 0.6) is 0 Å². The number of hydrogen-bond acceptors (Lipinski definition) is 1. The number of benzene rings is 9. The average molecular weight is 676 g/mol. The molecule has 0 aromatic heterocycles. The summed E-state index contributed by atoms with van der Waals surface area (Å²) in [7, 11) is 0. The van der Waals surface area contributed by atoms with Crippen LogP contribution in [0, 0.1) is 0 Å². The first-order valence-electron chi connectivity index (χ1n) is 18.2. The molecule has 9 rings (SSSR count). The lowest BCUT2D eigenvalue weighted by atomic mass is 9.84. The molecule has 0 N–H and O–H groups in total. The van der Waals surface area contributed by atoms with Gasteiger partial charge in [-0.05, 0) is 91.4 Å². The molecule has 0 heterocycles. The fraction of sp³-hybridized carbons (Fsp3) is 0. The van der Waals surface area contributed by atoms with E-state index in [2.05, 4.69) is 229 Å². The number of rotatable bonds is 8. The Bertz CT molecular complexity index is 2640. The van der Waals surface area contributed by atoms with Crippen molar-refractivity contribution >= 4 is 27.8 Å². The maximum absolute atomic E-state index is 2.40. The van der Waals surface area contributed by atoms with Gasteiger partial charge in [-0.15, -0.1) is 0 Å². The highest BCUT2D eigenvalue weighted by Gasteiger charge is 2.20. The van der Waals surface area contributed by atoms with Crippen molar-refractivity contribution < 1.29 is 0 Å². The Balaban J connectivity index is 1.25. The highest BCUT2D eigenvalue weighted by atomic mass is 15.1. The SMILES string of the molecule is c1ccc(-c2ccc(N(c3cccc(-c4cccc(-c5ccccc5)c4-c4ccccc4-c4ccccc4)c3)c3cccc4ccccc34)cc2)cc1. The minimum atomic E-state index is 1.10. The van der Waals surface area contributed by atoms with Crippen LogP contribution in [0.2, 0.25) is 0 Å². The van der Waals surface area contributed by atoms with Crippen LogP contribution in [0.3, 0.4) is 0 Å². The van der Waals surface area contributed by atoms with Crippen LogP contribution < -0.4 is 4.90 Å². The Kier molecular flexibility index (Phi) is 8.66. The third-order valence-corrected chi connectivity index (χ3v) is 10.1. The first-order chi connectivity index (χ1) is 26.3. The highest BCUT2D eigenvalue weighted by molar-refractivity contribution is 6.02. The third-order valence-electron chi connectivity index (χ3n) is 10.1. The molecule has 1 heteroatoms. The normalized spacial score (nSPS) is 11.0. The van der Waals surface area contributed by atoms with Crippen LogP contribution in [0.15, 0.2) is 224 Å². The molecule has 0 unspecified atom stereocenters. The number of hydrogen-bond donors (Lipinski definition) is 0. The minimum absolute atomic E-state index is 1.10. The van der Waals surface area contributed by atoms with E-state index in [4.69, 9.17) is 0 Å². The highest BCUT2D eigenvalue weighted by Crippen LogP contribution is 2.46. The molecule has 0 fully saturated rings. The molecule has 0 aliphatic heterocycles. The van der Waals surface area contributed by atoms with Gasteiger partial charge in [0.05, 0.1) is 5.69 Å². The van der Waals surface area contributed by atoms with Gasteiger partial charge >= 0.3 is 0 Å². The molecule has 0 atom stereocenters. The molecule has 0 spiro atoms. The van der Waals surface area contributed by atoms with Gasteiger partial charge in [0, 0.05) is 16.8 Å². The Morgan fingerprint density at radius 2 is 0.736 bits per heavy atom. The van der Waals surface area contributed by atoms with E-state index in [-0.39, 0.29) is 0 Å². The fourth-order valence-corrected chi connectivity index (χ4v) is 7.59. The van der Waals surface area contributed by atoms with E-state index in [1.807, 2.05) is 0 Å². The topological polar surface area (TPSA) is 3.24 Å². The maximum atomic E-state index is 2.40. The van der Waals surface area contributed by atoms with Gasteiger partial charge < -0.3 is 4.90 Å². The van der Waals surface area contributed by atoms with Gasteiger partial charge in [-0.2, -0.15) is 0 Å². The molecule has 250 valence electrons. The average Bonchev–Trinajstić information content (AvgIpc) is 3.25. The Hall–Kier alpha value is -6.96. The molecule has 53 heavy (non-hydrogen) atoms. The molecule has 0 bridgehead atoms. The van der Waals surface area contributed by atoms with Crippen LogP contribution in [-0.4, -0.2) is 0 Å². The summed E-state index contributed by atoms with van der Waals surface area (Å²) < 4.78 is 0. The van der Waals surface area contributed by atoms with Gasteiger partial charge in [-0.25, -0.2) is 0 Å². The molecular formula is C52H37N. The zero-order valence-corrected chi connectivity index (χ0v) is 29.3. The van der Waals surface area contributed by atoms with Crippen molar-refractivity contribution in [1.29, 1.82) is 0 Å². The van der Waals surface area contributed by atoms with Crippen LogP contribution in [0.25, 0.3) is 66.4 Å². The molecule has 0 saturated carbocycles. The molecular weight excluding hydrogens is 639 g/mol. The van der Waals surface area contributed by atoms with Crippen LogP contribution >= 0.6 is 0 Å². The van der Waals surface area contributed by atoms with Crippen LogP contribution in [-0.2, 0) is 0 Å². The van der Waals surface area contributed by atoms with Crippen LogP contribution in [0.4, 0.5) is 17.1 Å². The first-order valence-corrected chi connectivity index (χ1v) is 18.2. The third kappa shape index (κ3) is 6.30. The maximum Gasteiger partial charge on any atom is 0.0540 e. The molecule has 0 saturated heterocycles. The van der Waals surface area contributed by atoms with Crippen molar-refractivity contribution in [1.82, 2.24) is 0 Å². The molecule has 1 nitrogen and oxygen atoms in total. The van der Waals surface area contributed by atoms with Crippen molar-refractivity contribution in [3.05, 3.63) is 224 Å². The fourth-order valence-electron chi connectivity index (χ4n) is 7.59. The smallest absolute Gasteiger partial charge is 0.0540 e. The molecule has 9 aromatic rings. The van der Waals surface area contributed by atoms with E-state index < -0.39 is 0 Å². The lowest BCUT2D eigenvalue weighted by molar-refractivity contribution is 1.30. The second kappa shape index (κ2) is 14.3. The van der Waals surface area contributed by atoms with Crippen molar-refractivity contribution in [2.45, 2.75) is 0 Å². The Labute approximate surface area is 311 Å². The zero-order valence-electron chi connectivity index (χ0n) is 29.3. The van der Waals surface area contributed by atoms with E-state index in [9.17, 15) is 0 Å². The van der Waals surface area contributed by atoms with Gasteiger partial charge in [0.25, 0.3) is 0 Å². The predicted molar refractivity (Wildman–Crippen MR) is 226 cm³/mol. The van der Waals surface area contributed by atoms with E-state index >= 15 is 0 Å². The summed E-state index contributed by atoms with van der Waals surface area (Å²) in [4.78, 5) is 2.40. The van der Waals surface area contributed by atoms with Gasteiger partial charge in [0.1, 0.15) is 0 Å². The molecule has 0 aliphatic rings. The Morgan fingerprint density at radius 3 is 1.45 bits per heavy atom. The second-order valence-electron chi connectivity index (χ2n) is 13.3. The number of anilines is 3. The monoisotopic (exact) mass is 675 g/mol. The van der Waals surface area contributed by atoms with E-state index in [0.717, 1.165) is 22.6 Å². The Morgan fingerprint density at radius 1 is 0.264 bits per heavy atom. The minimum Gasteiger partial charge on any atom is -0.310 e. The second-order valence-corrected chi connectivity index (χ2v) is 13.3. The van der Waals surface area contributed by atoms with Gasteiger partial charge in [-0.3, -0.25) is 0 Å². The summed E-state index contributed by atoms with van der Waals surface area (Å²) in [6.07, 6.45) is 0. The van der Waals surface area contributed by atoms with E-state index in [1.165, 1.54) is 60.8 Å². The van der Waals surface area contributed by atoms with E-state index in [1.54, 1.807) is 0 Å². The first kappa shape index (κ1) is 32.0. The molecule has 0 aliphatic carbocycles. The summed E-state index contributed by atoms with van der Waals surface area (Å²) in [5.74, 6) is 0. The van der Waals surface area contributed by atoms with E-state index in [0.29, 0.717) is 0 Å². The summed E-state index contributed by atoms with van der Waals surface area (Å²) in [6.45, 7) is 0. The molecule has 0 amide bonds. The molecule has 0 radical (unpaired) electrons. The lowest BCUT2D eigenvalue weighted by Crippen LogP contribution is -2.10. The quantitative estimate of drug-likeness (QED) is 0.155. The summed E-state index contributed by atoms with van der Waals surface area (Å²) >= 11 is 0. The summed E-state index contributed by atoms with van der Waals surface area (Å²) in [5, 5.41) is 2.42. The number of fused-ring (bicyclic) bond motifs is 1. The number of nitrogens with zero attached hydrogens (tertiary/aromatic N) is 1. The van der Waals surface area contributed by atoms with Gasteiger partial charge in [0.15, 0.2) is 0 Å². The summed E-state index contributed by atoms with van der Waals surface area (Å²) in [6, 6.07) is 80.9. The summed E-state index contributed by atoms with van der Waals surface area (Å²) in [5.41, 5.74) is 15.3. The molecule has 9 aromatic carbocycles.